The molecular weight excluding hydrogens is 206 g/mol. The minimum absolute atomic E-state index is 0.536. The lowest BCUT2D eigenvalue weighted by Crippen LogP contribution is -1.88. The molecule has 0 bridgehead atoms. The molecule has 0 amide bonds. The lowest BCUT2D eigenvalue weighted by molar-refractivity contribution is 1.29. The van der Waals surface area contributed by atoms with Gasteiger partial charge in [-0.2, -0.15) is 0 Å². The first-order chi connectivity index (χ1) is 7.16. The predicted molar refractivity (Wildman–Crippen MR) is 64.2 cm³/mol. The second kappa shape index (κ2) is 4.03. The first kappa shape index (κ1) is 10.2. The van der Waals surface area contributed by atoms with Crippen LogP contribution in [0.5, 0.6) is 0 Å². The maximum absolute atomic E-state index is 5.88. The number of pyridine rings is 1. The summed E-state index contributed by atoms with van der Waals surface area (Å²) in [7, 11) is 0. The molecule has 15 heavy (non-hydrogen) atoms. The third-order valence-corrected chi connectivity index (χ3v) is 2.59. The van der Waals surface area contributed by atoms with Crippen LogP contribution in [0.4, 0.5) is 0 Å². The molecule has 0 atom stereocenters. The minimum atomic E-state index is 0.536. The van der Waals surface area contributed by atoms with Crippen LogP contribution in [0.15, 0.2) is 36.4 Å². The van der Waals surface area contributed by atoms with Crippen molar-refractivity contribution in [2.75, 3.05) is 0 Å². The standard InChI is InChI=1S/C13H12ClN/c1-9-6-7-10(2)11(8-9)12-4-3-5-13(14)15-12/h3-8H,1-2H3. The molecule has 2 rings (SSSR count). The van der Waals surface area contributed by atoms with E-state index in [4.69, 9.17) is 11.6 Å². The molecule has 1 heterocycles. The Morgan fingerprint density at radius 3 is 2.60 bits per heavy atom. The van der Waals surface area contributed by atoms with Crippen molar-refractivity contribution in [1.82, 2.24) is 4.98 Å². The largest absolute Gasteiger partial charge is 0.236 e. The van der Waals surface area contributed by atoms with Crippen molar-refractivity contribution in [2.24, 2.45) is 0 Å². The van der Waals surface area contributed by atoms with Crippen LogP contribution in [0.25, 0.3) is 11.3 Å². The van der Waals surface area contributed by atoms with E-state index in [9.17, 15) is 0 Å². The van der Waals surface area contributed by atoms with E-state index in [1.165, 1.54) is 11.1 Å². The highest BCUT2D eigenvalue weighted by Gasteiger charge is 2.03. The molecule has 0 saturated carbocycles. The highest BCUT2D eigenvalue weighted by Crippen LogP contribution is 2.23. The number of rotatable bonds is 1. The first-order valence-electron chi connectivity index (χ1n) is 4.87. The Labute approximate surface area is 94.7 Å². The number of hydrogen-bond donors (Lipinski definition) is 0. The summed E-state index contributed by atoms with van der Waals surface area (Å²) in [6.07, 6.45) is 0. The summed E-state index contributed by atoms with van der Waals surface area (Å²) in [5.74, 6) is 0. The van der Waals surface area contributed by atoms with Gasteiger partial charge < -0.3 is 0 Å². The molecule has 1 nitrogen and oxygen atoms in total. The van der Waals surface area contributed by atoms with Gasteiger partial charge in [-0.15, -0.1) is 0 Å². The van der Waals surface area contributed by atoms with Gasteiger partial charge in [0.15, 0.2) is 0 Å². The summed E-state index contributed by atoms with van der Waals surface area (Å²) in [6, 6.07) is 12.0. The SMILES string of the molecule is Cc1ccc(C)c(-c2cccc(Cl)n2)c1. The van der Waals surface area contributed by atoms with Crippen LogP contribution in [-0.2, 0) is 0 Å². The average molecular weight is 218 g/mol. The van der Waals surface area contributed by atoms with Gasteiger partial charge in [0.2, 0.25) is 0 Å². The van der Waals surface area contributed by atoms with E-state index in [1.807, 2.05) is 12.1 Å². The zero-order valence-electron chi connectivity index (χ0n) is 8.79. The fourth-order valence-corrected chi connectivity index (χ4v) is 1.73. The van der Waals surface area contributed by atoms with Crippen molar-refractivity contribution in [2.45, 2.75) is 13.8 Å². The van der Waals surface area contributed by atoms with Gasteiger partial charge in [0, 0.05) is 5.56 Å². The van der Waals surface area contributed by atoms with E-state index in [-0.39, 0.29) is 0 Å². The molecule has 2 aromatic rings. The molecule has 76 valence electrons. The van der Waals surface area contributed by atoms with Gasteiger partial charge in [0.25, 0.3) is 0 Å². The summed E-state index contributed by atoms with van der Waals surface area (Å²) in [5.41, 5.74) is 4.54. The summed E-state index contributed by atoms with van der Waals surface area (Å²) < 4.78 is 0. The second-order valence-electron chi connectivity index (χ2n) is 3.66. The molecule has 2 heteroatoms. The monoisotopic (exact) mass is 217 g/mol. The maximum Gasteiger partial charge on any atom is 0.129 e. The van der Waals surface area contributed by atoms with Crippen LogP contribution in [0.3, 0.4) is 0 Å². The third kappa shape index (κ3) is 2.18. The summed E-state index contributed by atoms with van der Waals surface area (Å²) in [4.78, 5) is 4.31. The summed E-state index contributed by atoms with van der Waals surface area (Å²) in [6.45, 7) is 4.16. The Hall–Kier alpha value is -1.34. The Balaban J connectivity index is 2.58. The molecule has 0 spiro atoms. The van der Waals surface area contributed by atoms with Crippen LogP contribution < -0.4 is 0 Å². The number of halogens is 1. The topological polar surface area (TPSA) is 12.9 Å². The van der Waals surface area contributed by atoms with Crippen molar-refractivity contribution in [3.05, 3.63) is 52.7 Å². The summed E-state index contributed by atoms with van der Waals surface area (Å²) in [5, 5.41) is 0.536. The normalized spacial score (nSPS) is 10.3. The van der Waals surface area contributed by atoms with Crippen molar-refractivity contribution < 1.29 is 0 Å². The van der Waals surface area contributed by atoms with Crippen LogP contribution >= 0.6 is 11.6 Å². The molecule has 0 aliphatic heterocycles. The fourth-order valence-electron chi connectivity index (χ4n) is 1.57. The van der Waals surface area contributed by atoms with Crippen molar-refractivity contribution in [3.63, 3.8) is 0 Å². The third-order valence-electron chi connectivity index (χ3n) is 2.38. The molecule has 0 N–H and O–H groups in total. The van der Waals surface area contributed by atoms with E-state index in [2.05, 4.69) is 37.0 Å². The van der Waals surface area contributed by atoms with Gasteiger partial charge in [-0.25, -0.2) is 4.98 Å². The van der Waals surface area contributed by atoms with Gasteiger partial charge in [-0.05, 0) is 37.6 Å². The van der Waals surface area contributed by atoms with Crippen LogP contribution in [0.1, 0.15) is 11.1 Å². The number of hydrogen-bond acceptors (Lipinski definition) is 1. The van der Waals surface area contributed by atoms with Crippen molar-refractivity contribution in [3.8, 4) is 11.3 Å². The molecule has 0 aliphatic carbocycles. The Kier molecular flexibility index (Phi) is 2.74. The van der Waals surface area contributed by atoms with Crippen molar-refractivity contribution >= 4 is 11.6 Å². The molecule has 1 aromatic carbocycles. The number of aromatic nitrogens is 1. The van der Waals surface area contributed by atoms with Crippen LogP contribution in [-0.4, -0.2) is 4.98 Å². The fraction of sp³-hybridized carbons (Fsp3) is 0.154. The number of nitrogens with zero attached hydrogens (tertiary/aromatic N) is 1. The minimum Gasteiger partial charge on any atom is -0.236 e. The van der Waals surface area contributed by atoms with Gasteiger partial charge in [-0.3, -0.25) is 0 Å². The number of aryl methyl sites for hydroxylation is 2. The van der Waals surface area contributed by atoms with Gasteiger partial charge >= 0.3 is 0 Å². The van der Waals surface area contributed by atoms with E-state index in [0.717, 1.165) is 11.3 Å². The van der Waals surface area contributed by atoms with Crippen molar-refractivity contribution in [1.29, 1.82) is 0 Å². The van der Waals surface area contributed by atoms with Gasteiger partial charge in [0.05, 0.1) is 5.69 Å². The molecule has 1 aromatic heterocycles. The quantitative estimate of drug-likeness (QED) is 0.658. The van der Waals surface area contributed by atoms with Crippen LogP contribution in [0.2, 0.25) is 5.15 Å². The highest BCUT2D eigenvalue weighted by atomic mass is 35.5. The zero-order valence-corrected chi connectivity index (χ0v) is 9.55. The molecule has 0 saturated heterocycles. The van der Waals surface area contributed by atoms with Gasteiger partial charge in [-0.1, -0.05) is 35.4 Å². The van der Waals surface area contributed by atoms with E-state index in [1.54, 1.807) is 6.07 Å². The molecular formula is C13H12ClN. The average Bonchev–Trinajstić information content (AvgIpc) is 2.22. The number of benzene rings is 1. The predicted octanol–water partition coefficient (Wildman–Crippen LogP) is 4.02. The van der Waals surface area contributed by atoms with E-state index < -0.39 is 0 Å². The van der Waals surface area contributed by atoms with Crippen LogP contribution in [0, 0.1) is 13.8 Å². The molecule has 0 fully saturated rings. The Morgan fingerprint density at radius 1 is 1.07 bits per heavy atom. The molecule has 0 radical (unpaired) electrons. The zero-order chi connectivity index (χ0) is 10.8. The second-order valence-corrected chi connectivity index (χ2v) is 4.05. The highest BCUT2D eigenvalue weighted by molar-refractivity contribution is 6.29. The Morgan fingerprint density at radius 2 is 1.87 bits per heavy atom. The Bertz CT molecular complexity index is 492. The van der Waals surface area contributed by atoms with E-state index >= 15 is 0 Å². The maximum atomic E-state index is 5.88. The molecule has 0 aliphatic rings. The summed E-state index contributed by atoms with van der Waals surface area (Å²) >= 11 is 5.88. The van der Waals surface area contributed by atoms with E-state index in [0.29, 0.717) is 5.15 Å². The first-order valence-corrected chi connectivity index (χ1v) is 5.25. The molecule has 0 unspecified atom stereocenters. The lowest BCUT2D eigenvalue weighted by atomic mass is 10.0. The lowest BCUT2D eigenvalue weighted by Gasteiger charge is -2.06. The smallest absolute Gasteiger partial charge is 0.129 e. The van der Waals surface area contributed by atoms with Gasteiger partial charge in [0.1, 0.15) is 5.15 Å².